The van der Waals surface area contributed by atoms with Crippen LogP contribution in [-0.4, -0.2) is 59.5 Å². The first kappa shape index (κ1) is 14.5. The van der Waals surface area contributed by atoms with Crippen LogP contribution in [0.4, 0.5) is 0 Å². The van der Waals surface area contributed by atoms with Crippen LogP contribution in [-0.2, 0) is 11.3 Å². The van der Waals surface area contributed by atoms with Gasteiger partial charge in [0.25, 0.3) is 0 Å². The highest BCUT2D eigenvalue weighted by molar-refractivity contribution is 5.82. The number of likely N-dealkylation sites (tertiary alicyclic amines) is 1. The third-order valence-corrected chi connectivity index (χ3v) is 4.39. The first-order valence-electron chi connectivity index (χ1n) is 7.90. The molecule has 0 aromatic carbocycles. The van der Waals surface area contributed by atoms with Gasteiger partial charge in [0.15, 0.2) is 0 Å². The molecule has 1 amide bonds. The van der Waals surface area contributed by atoms with Crippen LogP contribution in [0.2, 0.25) is 0 Å². The van der Waals surface area contributed by atoms with Crippen molar-refractivity contribution < 1.29 is 4.79 Å². The van der Waals surface area contributed by atoms with E-state index in [0.717, 1.165) is 63.5 Å². The molecule has 1 unspecified atom stereocenters. The van der Waals surface area contributed by atoms with Gasteiger partial charge in [-0.25, -0.2) is 0 Å². The summed E-state index contributed by atoms with van der Waals surface area (Å²) in [4.78, 5) is 21.6. The molecule has 2 aliphatic rings. The predicted molar refractivity (Wildman–Crippen MR) is 81.9 cm³/mol. The Labute approximate surface area is 126 Å². The summed E-state index contributed by atoms with van der Waals surface area (Å²) in [6.07, 6.45) is 2.09. The Hall–Kier alpha value is -1.46. The second-order valence-electron chi connectivity index (χ2n) is 5.97. The van der Waals surface area contributed by atoms with Gasteiger partial charge in [-0.15, -0.1) is 0 Å². The topological polar surface area (TPSA) is 48.5 Å². The molecule has 0 bridgehead atoms. The number of nitrogens with one attached hydrogen (secondary N) is 1. The molecule has 1 N–H and O–H groups in total. The molecular formula is C16H24N4O. The Kier molecular flexibility index (Phi) is 4.51. The summed E-state index contributed by atoms with van der Waals surface area (Å²) < 4.78 is 0. The number of nitrogens with zero attached hydrogens (tertiary/aromatic N) is 3. The maximum absolute atomic E-state index is 12.7. The van der Waals surface area contributed by atoms with E-state index in [1.807, 2.05) is 24.0 Å². The predicted octanol–water partition coefficient (Wildman–Crippen LogP) is 0.786. The van der Waals surface area contributed by atoms with Crippen LogP contribution in [0.25, 0.3) is 0 Å². The number of hydrogen-bond acceptors (Lipinski definition) is 4. The molecule has 3 rings (SSSR count). The fourth-order valence-electron chi connectivity index (χ4n) is 3.29. The molecule has 5 heteroatoms. The van der Waals surface area contributed by atoms with E-state index in [2.05, 4.69) is 21.3 Å². The van der Waals surface area contributed by atoms with Crippen molar-refractivity contribution in [2.24, 2.45) is 0 Å². The minimum atomic E-state index is 0.0467. The lowest BCUT2D eigenvalue weighted by molar-refractivity contribution is -0.136. The van der Waals surface area contributed by atoms with Gasteiger partial charge in [0.05, 0.1) is 11.7 Å². The Balaban J connectivity index is 1.66. The van der Waals surface area contributed by atoms with Gasteiger partial charge in [0.1, 0.15) is 0 Å². The summed E-state index contributed by atoms with van der Waals surface area (Å²) >= 11 is 0. The molecule has 1 atom stereocenters. The van der Waals surface area contributed by atoms with E-state index in [-0.39, 0.29) is 6.04 Å². The largest absolute Gasteiger partial charge is 0.339 e. The summed E-state index contributed by atoms with van der Waals surface area (Å²) in [5.41, 5.74) is 2.10. The van der Waals surface area contributed by atoms with Gasteiger partial charge in [-0.1, -0.05) is 6.07 Å². The number of amides is 1. The highest BCUT2D eigenvalue weighted by Crippen LogP contribution is 2.21. The normalized spacial score (nSPS) is 23.5. The molecule has 0 saturated carbocycles. The highest BCUT2D eigenvalue weighted by Gasteiger charge is 2.34. The number of carbonyl (C=O) groups excluding carboxylic acids is 1. The number of aromatic nitrogens is 1. The fraction of sp³-hybridized carbons (Fsp3) is 0.625. The lowest BCUT2D eigenvalue weighted by Crippen LogP contribution is -2.52. The van der Waals surface area contributed by atoms with Gasteiger partial charge < -0.3 is 10.2 Å². The highest BCUT2D eigenvalue weighted by atomic mass is 16.2. The maximum atomic E-state index is 12.7. The Morgan fingerprint density at radius 3 is 2.90 bits per heavy atom. The van der Waals surface area contributed by atoms with Gasteiger partial charge in [-0.05, 0) is 38.4 Å². The van der Waals surface area contributed by atoms with Gasteiger partial charge in [-0.3, -0.25) is 14.7 Å². The van der Waals surface area contributed by atoms with Crippen molar-refractivity contribution in [3.63, 3.8) is 0 Å². The fourth-order valence-corrected chi connectivity index (χ4v) is 3.29. The van der Waals surface area contributed by atoms with Crippen LogP contribution >= 0.6 is 0 Å². The molecule has 0 spiro atoms. The molecule has 1 aromatic rings. The number of rotatable bonds is 3. The third-order valence-electron chi connectivity index (χ3n) is 4.39. The number of carbonyl (C=O) groups is 1. The Bertz CT molecular complexity index is 499. The van der Waals surface area contributed by atoms with Crippen molar-refractivity contribution in [3.8, 4) is 0 Å². The SMILES string of the molecule is Cc1cccc(CN2CCCC2C(=O)N2CCNCC2)n1. The van der Waals surface area contributed by atoms with Crippen LogP contribution in [0.3, 0.4) is 0 Å². The standard InChI is InChI=1S/C16H24N4O/c1-13-4-2-5-14(18-13)12-20-9-3-6-15(20)16(21)19-10-7-17-8-11-19/h2,4-5,15,17H,3,6-12H2,1H3. The molecular weight excluding hydrogens is 264 g/mol. The molecule has 0 radical (unpaired) electrons. The molecule has 114 valence electrons. The Morgan fingerprint density at radius 1 is 1.33 bits per heavy atom. The molecule has 1 aromatic heterocycles. The van der Waals surface area contributed by atoms with E-state index < -0.39 is 0 Å². The molecule has 2 fully saturated rings. The van der Waals surface area contributed by atoms with Gasteiger partial charge >= 0.3 is 0 Å². The van der Waals surface area contributed by atoms with E-state index in [4.69, 9.17) is 0 Å². The van der Waals surface area contributed by atoms with Crippen molar-refractivity contribution in [2.75, 3.05) is 32.7 Å². The number of hydrogen-bond donors (Lipinski definition) is 1. The summed E-state index contributed by atoms with van der Waals surface area (Å²) in [5.74, 6) is 0.307. The monoisotopic (exact) mass is 288 g/mol. The molecule has 2 saturated heterocycles. The van der Waals surface area contributed by atoms with Crippen molar-refractivity contribution in [2.45, 2.75) is 32.4 Å². The van der Waals surface area contributed by atoms with E-state index >= 15 is 0 Å². The minimum Gasteiger partial charge on any atom is -0.339 e. The first-order chi connectivity index (χ1) is 10.2. The zero-order valence-electron chi connectivity index (χ0n) is 12.7. The number of piperazine rings is 1. The molecule has 21 heavy (non-hydrogen) atoms. The first-order valence-corrected chi connectivity index (χ1v) is 7.90. The van der Waals surface area contributed by atoms with Crippen LogP contribution in [0, 0.1) is 6.92 Å². The minimum absolute atomic E-state index is 0.0467. The van der Waals surface area contributed by atoms with Crippen LogP contribution < -0.4 is 5.32 Å². The number of pyridine rings is 1. The number of aryl methyl sites for hydroxylation is 1. The van der Waals surface area contributed by atoms with E-state index in [1.165, 1.54) is 0 Å². The average molecular weight is 288 g/mol. The van der Waals surface area contributed by atoms with E-state index in [0.29, 0.717) is 5.91 Å². The van der Waals surface area contributed by atoms with E-state index in [1.54, 1.807) is 0 Å². The second-order valence-corrected chi connectivity index (χ2v) is 5.97. The van der Waals surface area contributed by atoms with Crippen molar-refractivity contribution in [1.29, 1.82) is 0 Å². The summed E-state index contributed by atoms with van der Waals surface area (Å²) in [7, 11) is 0. The molecule has 0 aliphatic carbocycles. The lowest BCUT2D eigenvalue weighted by Gasteiger charge is -2.32. The van der Waals surface area contributed by atoms with Gasteiger partial charge in [0.2, 0.25) is 5.91 Å². The molecule has 5 nitrogen and oxygen atoms in total. The van der Waals surface area contributed by atoms with Crippen LogP contribution in [0.5, 0.6) is 0 Å². The lowest BCUT2D eigenvalue weighted by atomic mass is 10.1. The van der Waals surface area contributed by atoms with Crippen LogP contribution in [0.15, 0.2) is 18.2 Å². The zero-order chi connectivity index (χ0) is 14.7. The van der Waals surface area contributed by atoms with Crippen molar-refractivity contribution in [3.05, 3.63) is 29.6 Å². The Morgan fingerprint density at radius 2 is 2.14 bits per heavy atom. The quantitative estimate of drug-likeness (QED) is 0.893. The zero-order valence-corrected chi connectivity index (χ0v) is 12.7. The maximum Gasteiger partial charge on any atom is 0.240 e. The molecule has 2 aliphatic heterocycles. The summed E-state index contributed by atoms with van der Waals surface area (Å²) in [6.45, 7) is 7.30. The van der Waals surface area contributed by atoms with Crippen molar-refractivity contribution in [1.82, 2.24) is 20.1 Å². The second kappa shape index (κ2) is 6.54. The smallest absolute Gasteiger partial charge is 0.240 e. The summed E-state index contributed by atoms with van der Waals surface area (Å²) in [6, 6.07) is 6.15. The van der Waals surface area contributed by atoms with E-state index in [9.17, 15) is 4.79 Å². The van der Waals surface area contributed by atoms with Crippen molar-refractivity contribution >= 4 is 5.91 Å². The van der Waals surface area contributed by atoms with Gasteiger partial charge in [0, 0.05) is 38.4 Å². The van der Waals surface area contributed by atoms with Crippen LogP contribution in [0.1, 0.15) is 24.2 Å². The molecule has 3 heterocycles. The average Bonchev–Trinajstić information content (AvgIpc) is 2.95. The van der Waals surface area contributed by atoms with Gasteiger partial charge in [-0.2, -0.15) is 0 Å². The summed E-state index contributed by atoms with van der Waals surface area (Å²) in [5, 5.41) is 3.30. The third kappa shape index (κ3) is 3.41.